The number of ether oxygens (including phenoxy) is 1. The van der Waals surface area contributed by atoms with E-state index in [2.05, 4.69) is 5.32 Å². The number of hydrogen-bond donors (Lipinski definition) is 1. The van der Waals surface area contributed by atoms with Gasteiger partial charge in [0.25, 0.3) is 5.91 Å². The zero-order valence-corrected chi connectivity index (χ0v) is 15.0. The Labute approximate surface area is 158 Å². The van der Waals surface area contributed by atoms with Crippen molar-refractivity contribution in [1.29, 1.82) is 0 Å². The summed E-state index contributed by atoms with van der Waals surface area (Å²) in [7, 11) is 0. The highest BCUT2D eigenvalue weighted by Gasteiger charge is 2.23. The summed E-state index contributed by atoms with van der Waals surface area (Å²) < 4.78 is 5.32. The van der Waals surface area contributed by atoms with Gasteiger partial charge in [-0.25, -0.2) is 4.79 Å². The van der Waals surface area contributed by atoms with Crippen LogP contribution in [0, 0.1) is 0 Å². The molecule has 0 aliphatic heterocycles. The summed E-state index contributed by atoms with van der Waals surface area (Å²) in [5, 5.41) is 2.99. The summed E-state index contributed by atoms with van der Waals surface area (Å²) in [5.41, 5.74) is 2.33. The average molecular weight is 359 g/mol. The molecule has 0 aliphatic rings. The van der Waals surface area contributed by atoms with Gasteiger partial charge >= 0.3 is 5.97 Å². The summed E-state index contributed by atoms with van der Waals surface area (Å²) in [4.78, 5) is 24.9. The van der Waals surface area contributed by atoms with Gasteiger partial charge in [0.05, 0.1) is 11.6 Å². The van der Waals surface area contributed by atoms with Crippen molar-refractivity contribution in [2.24, 2.45) is 0 Å². The molecule has 0 aliphatic carbocycles. The molecule has 0 fully saturated rings. The highest BCUT2D eigenvalue weighted by Crippen LogP contribution is 2.22. The predicted octanol–water partition coefficient (Wildman–Crippen LogP) is 4.14. The zero-order chi connectivity index (χ0) is 19.1. The first-order valence-corrected chi connectivity index (χ1v) is 8.81. The average Bonchev–Trinajstić information content (AvgIpc) is 2.73. The third-order valence-corrected chi connectivity index (χ3v) is 4.21. The second-order valence-electron chi connectivity index (χ2n) is 6.18. The third kappa shape index (κ3) is 4.82. The van der Waals surface area contributed by atoms with Gasteiger partial charge in [0, 0.05) is 0 Å². The van der Waals surface area contributed by atoms with Crippen molar-refractivity contribution in [2.75, 3.05) is 0 Å². The summed E-state index contributed by atoms with van der Waals surface area (Å²) >= 11 is 0. The Bertz CT molecular complexity index is 840. The molecular formula is C23H21NO3. The van der Waals surface area contributed by atoms with Crippen LogP contribution in [0.5, 0.6) is 0 Å². The molecule has 0 saturated heterocycles. The normalized spacial score (nSPS) is 11.6. The smallest absolute Gasteiger partial charge is 0.338 e. The van der Waals surface area contributed by atoms with Crippen molar-refractivity contribution < 1.29 is 14.3 Å². The van der Waals surface area contributed by atoms with Crippen molar-refractivity contribution in [2.45, 2.75) is 19.1 Å². The topological polar surface area (TPSA) is 55.4 Å². The molecule has 0 aromatic heterocycles. The number of benzene rings is 3. The quantitative estimate of drug-likeness (QED) is 0.673. The lowest BCUT2D eigenvalue weighted by atomic mass is 9.98. The molecule has 3 aromatic rings. The van der Waals surface area contributed by atoms with Crippen LogP contribution < -0.4 is 5.32 Å². The second-order valence-corrected chi connectivity index (χ2v) is 6.18. The molecule has 0 spiro atoms. The van der Waals surface area contributed by atoms with Crippen LogP contribution in [0.2, 0.25) is 0 Å². The minimum atomic E-state index is -0.910. The van der Waals surface area contributed by atoms with Crippen LogP contribution in [-0.2, 0) is 9.53 Å². The molecular weight excluding hydrogens is 338 g/mol. The van der Waals surface area contributed by atoms with E-state index in [4.69, 9.17) is 4.74 Å². The molecule has 1 amide bonds. The standard InChI is InChI=1S/C23H21NO3/c1-17(27-23(26)20-15-9-4-10-16-20)22(25)24-21(18-11-5-2-6-12-18)19-13-7-3-8-14-19/h2-17,21H,1H3,(H,24,25)/t17-/m0/s1. The first kappa shape index (κ1) is 18.4. The number of carbonyl (C=O) groups excluding carboxylic acids is 2. The lowest BCUT2D eigenvalue weighted by Gasteiger charge is -2.22. The Morgan fingerprint density at radius 2 is 1.19 bits per heavy atom. The molecule has 4 heteroatoms. The fourth-order valence-electron chi connectivity index (χ4n) is 2.77. The molecule has 136 valence electrons. The first-order valence-electron chi connectivity index (χ1n) is 8.81. The van der Waals surface area contributed by atoms with E-state index in [1.165, 1.54) is 0 Å². The number of nitrogens with one attached hydrogen (secondary N) is 1. The van der Waals surface area contributed by atoms with Crippen LogP contribution in [0.3, 0.4) is 0 Å². The first-order chi connectivity index (χ1) is 13.1. The minimum absolute atomic E-state index is 0.322. The summed E-state index contributed by atoms with van der Waals surface area (Å²) in [6, 6.07) is 27.7. The van der Waals surface area contributed by atoms with E-state index in [0.717, 1.165) is 11.1 Å². The van der Waals surface area contributed by atoms with E-state index in [0.29, 0.717) is 5.56 Å². The van der Waals surface area contributed by atoms with Crippen LogP contribution in [0.25, 0.3) is 0 Å². The fourth-order valence-corrected chi connectivity index (χ4v) is 2.77. The maximum Gasteiger partial charge on any atom is 0.338 e. The molecule has 0 bridgehead atoms. The fraction of sp³-hybridized carbons (Fsp3) is 0.130. The third-order valence-electron chi connectivity index (χ3n) is 4.21. The molecule has 0 saturated carbocycles. The Balaban J connectivity index is 1.73. The van der Waals surface area contributed by atoms with Crippen LogP contribution in [-0.4, -0.2) is 18.0 Å². The van der Waals surface area contributed by atoms with Crippen LogP contribution in [0.4, 0.5) is 0 Å². The highest BCUT2D eigenvalue weighted by molar-refractivity contribution is 5.92. The summed E-state index contributed by atoms with van der Waals surface area (Å²) in [5.74, 6) is -0.869. The number of hydrogen-bond acceptors (Lipinski definition) is 3. The molecule has 0 heterocycles. The largest absolute Gasteiger partial charge is 0.449 e. The number of carbonyl (C=O) groups is 2. The van der Waals surface area contributed by atoms with Gasteiger partial charge in [-0.05, 0) is 30.2 Å². The lowest BCUT2D eigenvalue weighted by molar-refractivity contribution is -0.129. The Morgan fingerprint density at radius 3 is 1.67 bits per heavy atom. The van der Waals surface area contributed by atoms with E-state index in [-0.39, 0.29) is 11.9 Å². The van der Waals surface area contributed by atoms with Gasteiger partial charge < -0.3 is 10.1 Å². The van der Waals surface area contributed by atoms with Gasteiger partial charge in [-0.1, -0.05) is 78.9 Å². The molecule has 3 rings (SSSR count). The summed E-state index contributed by atoms with van der Waals surface area (Å²) in [6.07, 6.45) is -0.910. The second kappa shape index (κ2) is 8.81. The molecule has 3 aromatic carbocycles. The highest BCUT2D eigenvalue weighted by atomic mass is 16.5. The van der Waals surface area contributed by atoms with Gasteiger partial charge in [-0.3, -0.25) is 4.79 Å². The molecule has 27 heavy (non-hydrogen) atoms. The SMILES string of the molecule is C[C@H](OC(=O)c1ccccc1)C(=O)NC(c1ccccc1)c1ccccc1. The van der Waals surface area contributed by atoms with Crippen LogP contribution in [0.15, 0.2) is 91.0 Å². The zero-order valence-electron chi connectivity index (χ0n) is 15.0. The van der Waals surface area contributed by atoms with Crippen molar-refractivity contribution in [3.63, 3.8) is 0 Å². The molecule has 0 radical (unpaired) electrons. The van der Waals surface area contributed by atoms with Gasteiger partial charge in [0.1, 0.15) is 0 Å². The molecule has 1 N–H and O–H groups in total. The van der Waals surface area contributed by atoms with E-state index >= 15 is 0 Å². The number of rotatable bonds is 6. The maximum absolute atomic E-state index is 12.7. The van der Waals surface area contributed by atoms with Crippen LogP contribution >= 0.6 is 0 Å². The van der Waals surface area contributed by atoms with Gasteiger partial charge in [0.2, 0.25) is 0 Å². The van der Waals surface area contributed by atoms with Crippen molar-refractivity contribution in [3.05, 3.63) is 108 Å². The van der Waals surface area contributed by atoms with Gasteiger partial charge in [0.15, 0.2) is 6.10 Å². The monoisotopic (exact) mass is 359 g/mol. The van der Waals surface area contributed by atoms with E-state index in [1.54, 1.807) is 31.2 Å². The van der Waals surface area contributed by atoms with Crippen molar-refractivity contribution in [1.82, 2.24) is 5.32 Å². The number of esters is 1. The van der Waals surface area contributed by atoms with Gasteiger partial charge in [-0.2, -0.15) is 0 Å². The van der Waals surface area contributed by atoms with E-state index in [1.807, 2.05) is 66.7 Å². The van der Waals surface area contributed by atoms with Crippen molar-refractivity contribution >= 4 is 11.9 Å². The summed E-state index contributed by atoms with van der Waals surface area (Å²) in [6.45, 7) is 1.57. The number of amides is 1. The van der Waals surface area contributed by atoms with Crippen molar-refractivity contribution in [3.8, 4) is 0 Å². The molecule has 0 unspecified atom stereocenters. The van der Waals surface area contributed by atoms with E-state index in [9.17, 15) is 9.59 Å². The Hall–Kier alpha value is -3.40. The van der Waals surface area contributed by atoms with E-state index < -0.39 is 12.1 Å². The Morgan fingerprint density at radius 1 is 0.741 bits per heavy atom. The lowest BCUT2D eigenvalue weighted by Crippen LogP contribution is -2.38. The van der Waals surface area contributed by atoms with Crippen LogP contribution in [0.1, 0.15) is 34.5 Å². The predicted molar refractivity (Wildman–Crippen MR) is 104 cm³/mol. The molecule has 4 nitrogen and oxygen atoms in total. The maximum atomic E-state index is 12.7. The van der Waals surface area contributed by atoms with Gasteiger partial charge in [-0.15, -0.1) is 0 Å². The molecule has 1 atom stereocenters. The Kier molecular flexibility index (Phi) is 6.00. The minimum Gasteiger partial charge on any atom is -0.449 e.